The number of sulfonamides is 1. The zero-order valence-electron chi connectivity index (χ0n) is 11.4. The first-order valence-corrected chi connectivity index (χ1v) is 8.46. The van der Waals surface area contributed by atoms with Crippen molar-refractivity contribution >= 4 is 27.5 Å². The molecule has 1 aliphatic rings. The van der Waals surface area contributed by atoms with Crippen LogP contribution in [0.25, 0.3) is 0 Å². The van der Waals surface area contributed by atoms with E-state index in [2.05, 4.69) is 4.72 Å². The van der Waals surface area contributed by atoms with Gasteiger partial charge in [0.25, 0.3) is 0 Å². The maximum absolute atomic E-state index is 12.1. The van der Waals surface area contributed by atoms with Gasteiger partial charge >= 0.3 is 0 Å². The zero-order chi connectivity index (χ0) is 15.3. The molecular weight excluding hydrogens is 316 g/mol. The molecule has 2 rings (SSSR count). The molecule has 6 nitrogen and oxygen atoms in total. The maximum Gasteiger partial charge on any atom is 0.242 e. The van der Waals surface area contributed by atoms with Crippen molar-refractivity contribution in [3.8, 4) is 0 Å². The number of rotatable bonds is 5. The van der Waals surface area contributed by atoms with E-state index in [1.54, 1.807) is 17.0 Å². The molecule has 0 atom stereocenters. The van der Waals surface area contributed by atoms with Gasteiger partial charge in [-0.15, -0.1) is 0 Å². The van der Waals surface area contributed by atoms with Gasteiger partial charge in [0.2, 0.25) is 15.9 Å². The van der Waals surface area contributed by atoms with Gasteiger partial charge in [0.05, 0.1) is 18.2 Å². The first-order chi connectivity index (χ1) is 10.0. The van der Waals surface area contributed by atoms with Crippen LogP contribution in [0.2, 0.25) is 5.02 Å². The standard InChI is InChI=1S/C13H17ClN2O4S/c14-11-3-1-2-4-12(11)21(18,19)15-6-5-13(17)16-7-9-20-10-8-16/h1-4,15H,5-10H2. The number of benzene rings is 1. The number of halogens is 1. The highest BCUT2D eigenvalue weighted by atomic mass is 35.5. The summed E-state index contributed by atoms with van der Waals surface area (Å²) in [7, 11) is -3.69. The molecule has 21 heavy (non-hydrogen) atoms. The van der Waals surface area contributed by atoms with Crippen molar-refractivity contribution in [1.82, 2.24) is 9.62 Å². The van der Waals surface area contributed by atoms with Crippen LogP contribution in [0.1, 0.15) is 6.42 Å². The summed E-state index contributed by atoms with van der Waals surface area (Å²) in [6, 6.07) is 6.19. The van der Waals surface area contributed by atoms with Crippen LogP contribution < -0.4 is 4.72 Å². The van der Waals surface area contributed by atoms with E-state index < -0.39 is 10.0 Å². The van der Waals surface area contributed by atoms with Crippen LogP contribution in [0, 0.1) is 0 Å². The van der Waals surface area contributed by atoms with E-state index in [1.165, 1.54) is 12.1 Å². The quantitative estimate of drug-likeness (QED) is 0.868. The van der Waals surface area contributed by atoms with Crippen LogP contribution in [0.4, 0.5) is 0 Å². The van der Waals surface area contributed by atoms with Gasteiger partial charge in [-0.1, -0.05) is 23.7 Å². The fraction of sp³-hybridized carbons (Fsp3) is 0.462. The minimum absolute atomic E-state index is 0.0190. The van der Waals surface area contributed by atoms with E-state index in [1.807, 2.05) is 0 Å². The monoisotopic (exact) mass is 332 g/mol. The van der Waals surface area contributed by atoms with Crippen molar-refractivity contribution in [3.63, 3.8) is 0 Å². The van der Waals surface area contributed by atoms with Gasteiger partial charge in [-0.25, -0.2) is 13.1 Å². The summed E-state index contributed by atoms with van der Waals surface area (Å²) in [5, 5.41) is 0.157. The van der Waals surface area contributed by atoms with Crippen LogP contribution in [-0.2, 0) is 19.6 Å². The highest BCUT2D eigenvalue weighted by Gasteiger charge is 2.19. The minimum atomic E-state index is -3.69. The second-order valence-electron chi connectivity index (χ2n) is 4.57. The summed E-state index contributed by atoms with van der Waals surface area (Å²) in [5.41, 5.74) is 0. The molecule has 1 aromatic rings. The fourth-order valence-electron chi connectivity index (χ4n) is 2.00. The number of carbonyl (C=O) groups excluding carboxylic acids is 1. The van der Waals surface area contributed by atoms with Crippen LogP contribution in [0.5, 0.6) is 0 Å². The Hall–Kier alpha value is -1.15. The Morgan fingerprint density at radius 2 is 1.95 bits per heavy atom. The molecule has 0 aromatic heterocycles. The molecule has 0 spiro atoms. The molecule has 1 fully saturated rings. The van der Waals surface area contributed by atoms with Gasteiger partial charge in [0, 0.05) is 26.1 Å². The number of morpholine rings is 1. The van der Waals surface area contributed by atoms with E-state index in [9.17, 15) is 13.2 Å². The zero-order valence-corrected chi connectivity index (χ0v) is 13.0. The topological polar surface area (TPSA) is 75.7 Å². The molecule has 0 radical (unpaired) electrons. The van der Waals surface area contributed by atoms with Crippen LogP contribution >= 0.6 is 11.6 Å². The number of carbonyl (C=O) groups is 1. The van der Waals surface area contributed by atoms with E-state index in [0.29, 0.717) is 26.3 Å². The summed E-state index contributed by atoms with van der Waals surface area (Å²) in [4.78, 5) is 13.6. The lowest BCUT2D eigenvalue weighted by Gasteiger charge is -2.26. The molecule has 1 amide bonds. The predicted molar refractivity (Wildman–Crippen MR) is 78.7 cm³/mol. The number of ether oxygens (including phenoxy) is 1. The van der Waals surface area contributed by atoms with Gasteiger partial charge < -0.3 is 9.64 Å². The van der Waals surface area contributed by atoms with Crippen molar-refractivity contribution in [3.05, 3.63) is 29.3 Å². The highest BCUT2D eigenvalue weighted by molar-refractivity contribution is 7.89. The van der Waals surface area contributed by atoms with E-state index in [0.717, 1.165) is 0 Å². The summed E-state index contributed by atoms with van der Waals surface area (Å²) >= 11 is 5.86. The Balaban J connectivity index is 1.88. The molecule has 0 bridgehead atoms. The molecule has 1 heterocycles. The molecule has 0 aliphatic carbocycles. The highest BCUT2D eigenvalue weighted by Crippen LogP contribution is 2.19. The number of amides is 1. The van der Waals surface area contributed by atoms with Gasteiger partial charge in [-0.05, 0) is 12.1 Å². The Morgan fingerprint density at radius 1 is 1.29 bits per heavy atom. The van der Waals surface area contributed by atoms with Crippen LogP contribution in [-0.4, -0.2) is 52.1 Å². The van der Waals surface area contributed by atoms with Crippen molar-refractivity contribution in [1.29, 1.82) is 0 Å². The number of nitrogens with zero attached hydrogens (tertiary/aromatic N) is 1. The second-order valence-corrected chi connectivity index (χ2v) is 6.71. The molecule has 0 unspecified atom stereocenters. The van der Waals surface area contributed by atoms with E-state index in [4.69, 9.17) is 16.3 Å². The molecule has 116 valence electrons. The number of nitrogens with one attached hydrogen (secondary N) is 1. The molecule has 1 aliphatic heterocycles. The summed E-state index contributed by atoms with van der Waals surface area (Å²) in [6.07, 6.45) is 0.115. The molecule has 0 saturated carbocycles. The summed E-state index contributed by atoms with van der Waals surface area (Å²) in [5.74, 6) is -0.0832. The fourth-order valence-corrected chi connectivity index (χ4v) is 3.55. The predicted octanol–water partition coefficient (Wildman–Crippen LogP) is 0.867. The third-order valence-corrected chi connectivity index (χ3v) is 5.08. The normalized spacial score (nSPS) is 16.0. The third-order valence-electron chi connectivity index (χ3n) is 3.12. The van der Waals surface area contributed by atoms with Crippen molar-refractivity contribution < 1.29 is 17.9 Å². The van der Waals surface area contributed by atoms with Crippen molar-refractivity contribution in [2.45, 2.75) is 11.3 Å². The Kier molecular flexibility index (Phi) is 5.58. The number of hydrogen-bond donors (Lipinski definition) is 1. The average molecular weight is 333 g/mol. The second kappa shape index (κ2) is 7.22. The van der Waals surface area contributed by atoms with Crippen molar-refractivity contribution in [2.24, 2.45) is 0 Å². The maximum atomic E-state index is 12.1. The lowest BCUT2D eigenvalue weighted by Crippen LogP contribution is -2.42. The largest absolute Gasteiger partial charge is 0.378 e. The lowest BCUT2D eigenvalue weighted by atomic mass is 10.3. The van der Waals surface area contributed by atoms with Gasteiger partial charge in [0.1, 0.15) is 4.90 Å². The Labute approximate surface area is 129 Å². The third kappa shape index (κ3) is 4.41. The minimum Gasteiger partial charge on any atom is -0.378 e. The summed E-state index contributed by atoms with van der Waals surface area (Å²) < 4.78 is 31.7. The lowest BCUT2D eigenvalue weighted by molar-refractivity contribution is -0.135. The van der Waals surface area contributed by atoms with E-state index >= 15 is 0 Å². The first kappa shape index (κ1) is 16.2. The van der Waals surface area contributed by atoms with E-state index in [-0.39, 0.29) is 28.8 Å². The molecule has 1 aromatic carbocycles. The smallest absolute Gasteiger partial charge is 0.242 e. The Bertz CT molecular complexity index is 600. The Morgan fingerprint density at radius 3 is 2.62 bits per heavy atom. The molecule has 8 heteroatoms. The van der Waals surface area contributed by atoms with Gasteiger partial charge in [-0.2, -0.15) is 0 Å². The van der Waals surface area contributed by atoms with Gasteiger partial charge in [-0.3, -0.25) is 4.79 Å². The molecule has 1 saturated heterocycles. The molecular formula is C13H17ClN2O4S. The SMILES string of the molecule is O=C(CCNS(=O)(=O)c1ccccc1Cl)N1CCOCC1. The first-order valence-electron chi connectivity index (χ1n) is 6.60. The summed E-state index contributed by atoms with van der Waals surface area (Å²) in [6.45, 7) is 2.20. The van der Waals surface area contributed by atoms with Gasteiger partial charge in [0.15, 0.2) is 0 Å². The van der Waals surface area contributed by atoms with Crippen LogP contribution in [0.3, 0.4) is 0 Å². The number of hydrogen-bond acceptors (Lipinski definition) is 4. The van der Waals surface area contributed by atoms with Crippen LogP contribution in [0.15, 0.2) is 29.2 Å². The molecule has 1 N–H and O–H groups in total. The van der Waals surface area contributed by atoms with Crippen molar-refractivity contribution in [2.75, 3.05) is 32.8 Å². The average Bonchev–Trinajstić information content (AvgIpc) is 2.48.